The van der Waals surface area contributed by atoms with Crippen LogP contribution in [0.5, 0.6) is 0 Å². The molecule has 0 heterocycles. The van der Waals surface area contributed by atoms with E-state index in [4.69, 9.17) is 10.5 Å². The number of rotatable bonds is 8. The number of methoxy groups -OCH3 is 1. The van der Waals surface area contributed by atoms with Gasteiger partial charge < -0.3 is 15.4 Å². The Bertz CT molecular complexity index is 195. The summed E-state index contributed by atoms with van der Waals surface area (Å²) in [6.07, 6.45) is 1.69. The molecule has 0 saturated carbocycles. The molecule has 0 saturated heterocycles. The predicted molar refractivity (Wildman–Crippen MR) is 66.2 cm³/mol. The van der Waals surface area contributed by atoms with Crippen molar-refractivity contribution in [1.82, 2.24) is 4.90 Å². The molecular formula is C12H26N2O2. The third kappa shape index (κ3) is 6.08. The summed E-state index contributed by atoms with van der Waals surface area (Å²) >= 11 is 0. The quantitative estimate of drug-likeness (QED) is 0.682. The first-order valence-electron chi connectivity index (χ1n) is 6.06. The summed E-state index contributed by atoms with van der Waals surface area (Å²) in [5.74, 6) is 0.502. The summed E-state index contributed by atoms with van der Waals surface area (Å²) < 4.78 is 5.01. The molecule has 2 N–H and O–H groups in total. The molecule has 4 heteroatoms. The van der Waals surface area contributed by atoms with Crippen LogP contribution in [0.15, 0.2) is 0 Å². The van der Waals surface area contributed by atoms with E-state index in [1.54, 1.807) is 7.11 Å². The first-order valence-corrected chi connectivity index (χ1v) is 6.06. The maximum Gasteiger partial charge on any atom is 0.239 e. The fourth-order valence-corrected chi connectivity index (χ4v) is 1.60. The number of hydrogen-bond donors (Lipinski definition) is 1. The SMILES string of the molecule is CCC[C@@H](N)C(=O)N(CCOC)CC(C)C. The van der Waals surface area contributed by atoms with Gasteiger partial charge in [0, 0.05) is 20.2 Å². The van der Waals surface area contributed by atoms with Crippen molar-refractivity contribution >= 4 is 5.91 Å². The van der Waals surface area contributed by atoms with Crippen molar-refractivity contribution in [3.8, 4) is 0 Å². The van der Waals surface area contributed by atoms with Gasteiger partial charge in [0.1, 0.15) is 0 Å². The van der Waals surface area contributed by atoms with Crippen LogP contribution in [0, 0.1) is 5.92 Å². The minimum Gasteiger partial charge on any atom is -0.383 e. The Balaban J connectivity index is 4.29. The fraction of sp³-hybridized carbons (Fsp3) is 0.917. The zero-order valence-electron chi connectivity index (χ0n) is 11.0. The molecule has 16 heavy (non-hydrogen) atoms. The molecule has 0 rings (SSSR count). The Hall–Kier alpha value is -0.610. The lowest BCUT2D eigenvalue weighted by molar-refractivity contribution is -0.134. The van der Waals surface area contributed by atoms with Crippen LogP contribution in [0.4, 0.5) is 0 Å². The monoisotopic (exact) mass is 230 g/mol. The van der Waals surface area contributed by atoms with Crippen LogP contribution in [0.25, 0.3) is 0 Å². The van der Waals surface area contributed by atoms with E-state index < -0.39 is 0 Å². The summed E-state index contributed by atoms with van der Waals surface area (Å²) in [6.45, 7) is 8.17. The molecule has 0 spiro atoms. The molecular weight excluding hydrogens is 204 g/mol. The predicted octanol–water partition coefficient (Wildman–Crippen LogP) is 1.24. The van der Waals surface area contributed by atoms with Crippen LogP contribution in [-0.4, -0.2) is 43.7 Å². The van der Waals surface area contributed by atoms with Crippen LogP contribution in [0.2, 0.25) is 0 Å². The molecule has 1 amide bonds. The van der Waals surface area contributed by atoms with E-state index in [0.717, 1.165) is 19.4 Å². The van der Waals surface area contributed by atoms with Gasteiger partial charge in [-0.25, -0.2) is 0 Å². The highest BCUT2D eigenvalue weighted by Crippen LogP contribution is 2.04. The summed E-state index contributed by atoms with van der Waals surface area (Å²) in [7, 11) is 1.64. The van der Waals surface area contributed by atoms with Crippen LogP contribution in [0.3, 0.4) is 0 Å². The highest BCUT2D eigenvalue weighted by Gasteiger charge is 2.20. The van der Waals surface area contributed by atoms with Crippen LogP contribution in [-0.2, 0) is 9.53 Å². The second-order valence-electron chi connectivity index (χ2n) is 4.57. The second-order valence-corrected chi connectivity index (χ2v) is 4.57. The van der Waals surface area contributed by atoms with E-state index in [-0.39, 0.29) is 11.9 Å². The zero-order valence-corrected chi connectivity index (χ0v) is 11.0. The van der Waals surface area contributed by atoms with Gasteiger partial charge >= 0.3 is 0 Å². The van der Waals surface area contributed by atoms with Gasteiger partial charge in [-0.1, -0.05) is 27.2 Å². The van der Waals surface area contributed by atoms with Crippen molar-refractivity contribution in [3.05, 3.63) is 0 Å². The third-order valence-electron chi connectivity index (χ3n) is 2.38. The number of amides is 1. The average molecular weight is 230 g/mol. The topological polar surface area (TPSA) is 55.6 Å². The Labute approximate surface area is 99.1 Å². The van der Waals surface area contributed by atoms with Crippen molar-refractivity contribution in [2.45, 2.75) is 39.7 Å². The number of ether oxygens (including phenoxy) is 1. The van der Waals surface area contributed by atoms with Crippen molar-refractivity contribution in [3.63, 3.8) is 0 Å². The smallest absolute Gasteiger partial charge is 0.239 e. The van der Waals surface area contributed by atoms with E-state index in [1.807, 2.05) is 11.8 Å². The van der Waals surface area contributed by atoms with Gasteiger partial charge in [0.15, 0.2) is 0 Å². The van der Waals surface area contributed by atoms with Gasteiger partial charge in [-0.05, 0) is 12.3 Å². The van der Waals surface area contributed by atoms with Gasteiger partial charge in [0.2, 0.25) is 5.91 Å². The normalized spacial score (nSPS) is 12.9. The van der Waals surface area contributed by atoms with Gasteiger partial charge in [-0.3, -0.25) is 4.79 Å². The summed E-state index contributed by atoms with van der Waals surface area (Å²) in [4.78, 5) is 13.8. The van der Waals surface area contributed by atoms with Crippen molar-refractivity contribution in [1.29, 1.82) is 0 Å². The molecule has 0 aromatic carbocycles. The Morgan fingerprint density at radius 1 is 1.44 bits per heavy atom. The van der Waals surface area contributed by atoms with Crippen LogP contribution >= 0.6 is 0 Å². The minimum atomic E-state index is -0.361. The van der Waals surface area contributed by atoms with E-state index in [2.05, 4.69) is 13.8 Å². The summed E-state index contributed by atoms with van der Waals surface area (Å²) in [5.41, 5.74) is 5.84. The molecule has 4 nitrogen and oxygen atoms in total. The first kappa shape index (κ1) is 15.4. The lowest BCUT2D eigenvalue weighted by Crippen LogP contribution is -2.46. The lowest BCUT2D eigenvalue weighted by Gasteiger charge is -2.27. The average Bonchev–Trinajstić information content (AvgIpc) is 2.23. The van der Waals surface area contributed by atoms with Crippen molar-refractivity contribution in [2.75, 3.05) is 26.8 Å². The van der Waals surface area contributed by atoms with Gasteiger partial charge in [-0.2, -0.15) is 0 Å². The second kappa shape index (κ2) is 8.53. The molecule has 0 fully saturated rings. The molecule has 0 bridgehead atoms. The summed E-state index contributed by atoms with van der Waals surface area (Å²) in [5, 5.41) is 0. The Morgan fingerprint density at radius 2 is 2.06 bits per heavy atom. The number of hydrogen-bond acceptors (Lipinski definition) is 3. The molecule has 0 aliphatic carbocycles. The first-order chi connectivity index (χ1) is 7.52. The van der Waals surface area contributed by atoms with Gasteiger partial charge in [-0.15, -0.1) is 0 Å². The Morgan fingerprint density at radius 3 is 2.50 bits per heavy atom. The van der Waals surface area contributed by atoms with E-state index in [9.17, 15) is 4.79 Å². The maximum absolute atomic E-state index is 12.0. The zero-order chi connectivity index (χ0) is 12.6. The third-order valence-corrected chi connectivity index (χ3v) is 2.38. The number of carbonyl (C=O) groups is 1. The highest BCUT2D eigenvalue weighted by atomic mass is 16.5. The molecule has 96 valence electrons. The Kier molecular flexibility index (Phi) is 8.21. The largest absolute Gasteiger partial charge is 0.383 e. The van der Waals surface area contributed by atoms with E-state index in [1.165, 1.54) is 0 Å². The maximum atomic E-state index is 12.0. The van der Waals surface area contributed by atoms with Crippen molar-refractivity contribution < 1.29 is 9.53 Å². The highest BCUT2D eigenvalue weighted by molar-refractivity contribution is 5.81. The number of nitrogens with zero attached hydrogens (tertiary/aromatic N) is 1. The molecule has 0 aromatic heterocycles. The van der Waals surface area contributed by atoms with Crippen LogP contribution in [0.1, 0.15) is 33.6 Å². The summed E-state index contributed by atoms with van der Waals surface area (Å²) in [6, 6.07) is -0.361. The lowest BCUT2D eigenvalue weighted by atomic mass is 10.1. The number of nitrogens with two attached hydrogens (primary N) is 1. The molecule has 0 radical (unpaired) electrons. The van der Waals surface area contributed by atoms with E-state index >= 15 is 0 Å². The van der Waals surface area contributed by atoms with Gasteiger partial charge in [0.05, 0.1) is 12.6 Å². The minimum absolute atomic E-state index is 0.0487. The molecule has 0 aliphatic heterocycles. The molecule has 0 unspecified atom stereocenters. The fourth-order valence-electron chi connectivity index (χ4n) is 1.60. The van der Waals surface area contributed by atoms with Crippen molar-refractivity contribution in [2.24, 2.45) is 11.7 Å². The molecule has 0 aromatic rings. The molecule has 0 aliphatic rings. The van der Waals surface area contributed by atoms with Crippen LogP contribution < -0.4 is 5.73 Å². The number of carbonyl (C=O) groups excluding carboxylic acids is 1. The standard InChI is InChI=1S/C12H26N2O2/c1-5-6-11(13)12(15)14(7-8-16-4)9-10(2)3/h10-11H,5-9,13H2,1-4H3/t11-/m1/s1. The van der Waals surface area contributed by atoms with Gasteiger partial charge in [0.25, 0.3) is 0 Å². The van der Waals surface area contributed by atoms with E-state index in [0.29, 0.717) is 19.1 Å². The molecule has 1 atom stereocenters.